The maximum Gasteiger partial charge on any atom is 0.340 e. The second-order valence-corrected chi connectivity index (χ2v) is 8.63. The van der Waals surface area contributed by atoms with Gasteiger partial charge in [0, 0.05) is 56.1 Å². The van der Waals surface area contributed by atoms with E-state index in [0.29, 0.717) is 38.0 Å². The highest BCUT2D eigenvalue weighted by atomic mass is 35.5. The van der Waals surface area contributed by atoms with Crippen molar-refractivity contribution in [2.24, 2.45) is 0 Å². The normalized spacial score (nSPS) is 10.4. The number of hydrogen-bond acceptors (Lipinski definition) is 5. The smallest absolute Gasteiger partial charge is 0.340 e. The minimum Gasteiger partial charge on any atom is -0.465 e. The number of rotatable bonds is 4. The number of aliphatic hydroxyl groups excluding tert-OH is 1. The predicted octanol–water partition coefficient (Wildman–Crippen LogP) is 6.98. The Balaban J connectivity index is 0.000000202. The minimum atomic E-state index is -0.558. The molecule has 0 aliphatic heterocycles. The molecule has 0 aliphatic carbocycles. The molecule has 5 nitrogen and oxygen atoms in total. The van der Waals surface area contributed by atoms with E-state index in [2.05, 4.69) is 14.7 Å². The van der Waals surface area contributed by atoms with Crippen molar-refractivity contribution in [3.8, 4) is 22.3 Å². The van der Waals surface area contributed by atoms with Crippen molar-refractivity contribution in [3.05, 3.63) is 105 Å². The van der Waals surface area contributed by atoms with E-state index in [1.165, 1.54) is 31.5 Å². The SMILES string of the molecule is COC(=O)c1cnc(C)cc1-c1ccc(Cl)cc1F.Cc1cc(-c2ccc(Cl)cc2F)c(CO)cn1. The highest BCUT2D eigenvalue weighted by Gasteiger charge is 2.17. The van der Waals surface area contributed by atoms with Crippen LogP contribution in [0.5, 0.6) is 0 Å². The number of hydrogen-bond donors (Lipinski definition) is 1. The van der Waals surface area contributed by atoms with Crippen LogP contribution >= 0.6 is 23.2 Å². The van der Waals surface area contributed by atoms with Crippen molar-refractivity contribution in [1.29, 1.82) is 0 Å². The summed E-state index contributed by atoms with van der Waals surface area (Å²) in [6, 6.07) is 12.2. The van der Waals surface area contributed by atoms with Crippen LogP contribution in [0.2, 0.25) is 10.0 Å². The maximum atomic E-state index is 14.0. The molecule has 0 spiro atoms. The van der Waals surface area contributed by atoms with Crippen molar-refractivity contribution in [3.63, 3.8) is 0 Å². The lowest BCUT2D eigenvalue weighted by Crippen LogP contribution is -2.05. The maximum absolute atomic E-state index is 14.0. The van der Waals surface area contributed by atoms with Crippen LogP contribution in [0.15, 0.2) is 60.9 Å². The molecule has 1 N–H and O–H groups in total. The monoisotopic (exact) mass is 530 g/mol. The molecule has 0 atom stereocenters. The van der Waals surface area contributed by atoms with E-state index >= 15 is 0 Å². The van der Waals surface area contributed by atoms with Crippen molar-refractivity contribution in [2.75, 3.05) is 7.11 Å². The Morgan fingerprint density at radius 2 is 1.33 bits per heavy atom. The third-order valence-electron chi connectivity index (χ3n) is 5.18. The number of carbonyl (C=O) groups is 1. The molecule has 4 aromatic rings. The van der Waals surface area contributed by atoms with E-state index in [1.807, 2.05) is 6.92 Å². The summed E-state index contributed by atoms with van der Waals surface area (Å²) in [5.41, 5.74) is 4.05. The zero-order valence-electron chi connectivity index (χ0n) is 19.7. The molecular formula is C27H22Cl2F2N2O3. The molecule has 4 rings (SSSR count). The molecule has 0 unspecified atom stereocenters. The van der Waals surface area contributed by atoms with E-state index in [-0.39, 0.29) is 17.7 Å². The number of aryl methyl sites for hydroxylation is 2. The first kappa shape index (κ1) is 27.2. The molecule has 0 saturated heterocycles. The van der Waals surface area contributed by atoms with Crippen molar-refractivity contribution < 1.29 is 23.4 Å². The summed E-state index contributed by atoms with van der Waals surface area (Å²) in [6.45, 7) is 3.40. The molecule has 0 amide bonds. The molecule has 9 heteroatoms. The van der Waals surface area contributed by atoms with Gasteiger partial charge in [-0.25, -0.2) is 13.6 Å². The fraction of sp³-hybridized carbons (Fsp3) is 0.148. The van der Waals surface area contributed by atoms with Crippen molar-refractivity contribution in [2.45, 2.75) is 20.5 Å². The van der Waals surface area contributed by atoms with Gasteiger partial charge in [0.25, 0.3) is 0 Å². The Bertz CT molecular complexity index is 1410. The van der Waals surface area contributed by atoms with E-state index in [4.69, 9.17) is 23.2 Å². The van der Waals surface area contributed by atoms with E-state index in [0.717, 1.165) is 5.69 Å². The third-order valence-corrected chi connectivity index (χ3v) is 5.65. The average Bonchev–Trinajstić information content (AvgIpc) is 2.84. The van der Waals surface area contributed by atoms with Gasteiger partial charge in [-0.3, -0.25) is 9.97 Å². The molecule has 36 heavy (non-hydrogen) atoms. The zero-order valence-corrected chi connectivity index (χ0v) is 21.2. The number of methoxy groups -OCH3 is 1. The van der Waals surface area contributed by atoms with Crippen molar-refractivity contribution >= 4 is 29.2 Å². The molecule has 0 radical (unpaired) electrons. The molecule has 0 aliphatic rings. The summed E-state index contributed by atoms with van der Waals surface area (Å²) in [7, 11) is 1.27. The Kier molecular flexibility index (Phi) is 9.09. The van der Waals surface area contributed by atoms with Gasteiger partial charge in [0.05, 0.1) is 19.3 Å². The topological polar surface area (TPSA) is 72.3 Å². The quantitative estimate of drug-likeness (QED) is 0.288. The Morgan fingerprint density at radius 1 is 0.833 bits per heavy atom. The molecule has 2 aromatic heterocycles. The predicted molar refractivity (Wildman–Crippen MR) is 136 cm³/mol. The van der Waals surface area contributed by atoms with Gasteiger partial charge in [0.2, 0.25) is 0 Å². The standard InChI is InChI=1S/C14H11ClFNO2.C13H11ClFNO/c1-8-5-11(12(7-17-8)14(18)19-2)10-4-3-9(15)6-13(10)16;1-8-4-12(9(7-17)6-16-8)11-3-2-10(14)5-13(11)15/h3-7H,1-2H3;2-6,17H,7H2,1H3. The number of benzene rings is 2. The summed E-state index contributed by atoms with van der Waals surface area (Å²) >= 11 is 11.4. The van der Waals surface area contributed by atoms with Crippen LogP contribution in [0.25, 0.3) is 22.3 Å². The van der Waals surface area contributed by atoms with Gasteiger partial charge in [-0.1, -0.05) is 23.2 Å². The number of aromatic nitrogens is 2. The minimum absolute atomic E-state index is 0.176. The van der Waals surface area contributed by atoms with E-state index < -0.39 is 17.6 Å². The van der Waals surface area contributed by atoms with Crippen molar-refractivity contribution in [1.82, 2.24) is 9.97 Å². The molecule has 2 heterocycles. The zero-order chi connectivity index (χ0) is 26.4. The molecule has 0 bridgehead atoms. The third kappa shape index (κ3) is 6.43. The molecule has 2 aromatic carbocycles. The van der Waals surface area contributed by atoms with Crippen LogP contribution in [-0.4, -0.2) is 28.2 Å². The lowest BCUT2D eigenvalue weighted by atomic mass is 10.0. The summed E-state index contributed by atoms with van der Waals surface area (Å²) in [6.07, 6.45) is 2.93. The molecule has 0 fully saturated rings. The van der Waals surface area contributed by atoms with Crippen LogP contribution in [-0.2, 0) is 11.3 Å². The highest BCUT2D eigenvalue weighted by molar-refractivity contribution is 6.31. The first-order chi connectivity index (χ1) is 17.1. The molecule has 0 saturated carbocycles. The Morgan fingerprint density at radius 3 is 1.83 bits per heavy atom. The average molecular weight is 531 g/mol. The number of nitrogens with zero attached hydrogens (tertiary/aromatic N) is 2. The first-order valence-corrected chi connectivity index (χ1v) is 11.4. The van der Waals surface area contributed by atoms with Gasteiger partial charge in [0.15, 0.2) is 0 Å². The van der Waals surface area contributed by atoms with Gasteiger partial charge in [-0.2, -0.15) is 0 Å². The fourth-order valence-corrected chi connectivity index (χ4v) is 3.75. The number of carbonyl (C=O) groups excluding carboxylic acids is 1. The first-order valence-electron chi connectivity index (χ1n) is 10.7. The largest absolute Gasteiger partial charge is 0.465 e. The van der Waals surface area contributed by atoms with Crippen LogP contribution in [0.3, 0.4) is 0 Å². The van der Waals surface area contributed by atoms with Gasteiger partial charge >= 0.3 is 5.97 Å². The summed E-state index contributed by atoms with van der Waals surface area (Å²) in [4.78, 5) is 19.8. The number of halogens is 4. The van der Waals surface area contributed by atoms with E-state index in [9.17, 15) is 18.7 Å². The van der Waals surface area contributed by atoms with Gasteiger partial charge in [-0.05, 0) is 67.9 Å². The number of esters is 1. The van der Waals surface area contributed by atoms with Crippen LogP contribution in [0.1, 0.15) is 27.3 Å². The Labute approximate surface area is 217 Å². The highest BCUT2D eigenvalue weighted by Crippen LogP contribution is 2.30. The molecule has 186 valence electrons. The lowest BCUT2D eigenvalue weighted by Gasteiger charge is -2.10. The number of pyridine rings is 2. The van der Waals surface area contributed by atoms with Crippen LogP contribution in [0, 0.1) is 25.5 Å². The Hall–Kier alpha value is -3.39. The van der Waals surface area contributed by atoms with Crippen LogP contribution in [0.4, 0.5) is 8.78 Å². The van der Waals surface area contributed by atoms with Crippen LogP contribution < -0.4 is 0 Å². The fourth-order valence-electron chi connectivity index (χ4n) is 3.44. The number of aliphatic hydroxyl groups is 1. The lowest BCUT2D eigenvalue weighted by molar-refractivity contribution is 0.0601. The van der Waals surface area contributed by atoms with Gasteiger partial charge < -0.3 is 9.84 Å². The second-order valence-electron chi connectivity index (χ2n) is 7.75. The summed E-state index contributed by atoms with van der Waals surface area (Å²) in [5, 5.41) is 9.88. The summed E-state index contributed by atoms with van der Waals surface area (Å²) in [5.74, 6) is -1.46. The molecular weight excluding hydrogens is 509 g/mol. The summed E-state index contributed by atoms with van der Waals surface area (Å²) < 4.78 is 32.4. The second kappa shape index (κ2) is 12.0. The number of ether oxygens (including phenoxy) is 1. The van der Waals surface area contributed by atoms with E-state index in [1.54, 1.807) is 43.5 Å². The van der Waals surface area contributed by atoms with Gasteiger partial charge in [0.1, 0.15) is 11.6 Å². The van der Waals surface area contributed by atoms with Gasteiger partial charge in [-0.15, -0.1) is 0 Å².